The van der Waals surface area contributed by atoms with Gasteiger partial charge < -0.3 is 13.7 Å². The first-order chi connectivity index (χ1) is 29.2. The molecule has 0 unspecified atom stereocenters. The number of nitrogens with zero attached hydrogens (tertiary/aromatic N) is 3. The van der Waals surface area contributed by atoms with Gasteiger partial charge in [-0.3, -0.25) is 0 Å². The van der Waals surface area contributed by atoms with Crippen LogP contribution < -0.4 is 0 Å². The molecule has 0 radical (unpaired) electrons. The van der Waals surface area contributed by atoms with Gasteiger partial charge in [0, 0.05) is 69.6 Å². The molecule has 0 saturated heterocycles. The average molecular weight is 770 g/mol. The van der Waals surface area contributed by atoms with E-state index in [1.807, 2.05) is 11.3 Å². The summed E-state index contributed by atoms with van der Waals surface area (Å²) in [7, 11) is 0. The van der Waals surface area contributed by atoms with Gasteiger partial charge in [0.25, 0.3) is 0 Å². The number of hydrogen-bond acceptors (Lipinski definition) is 1. The maximum Gasteiger partial charge on any atom is 0.0542 e. The number of fused-ring (bicyclic) bond motifs is 12. The summed E-state index contributed by atoms with van der Waals surface area (Å²) in [6.45, 7) is 2.15. The molecule has 0 amide bonds. The zero-order valence-electron chi connectivity index (χ0n) is 32.2. The number of hydrogen-bond donors (Lipinski definition) is 0. The molecule has 0 fully saturated rings. The molecule has 13 aromatic rings. The normalized spacial score (nSPS) is 12.2. The summed E-state index contributed by atoms with van der Waals surface area (Å²) in [5.74, 6) is 0. The lowest BCUT2D eigenvalue weighted by molar-refractivity contribution is 1.16. The van der Waals surface area contributed by atoms with Crippen molar-refractivity contribution in [2.24, 2.45) is 0 Å². The molecule has 59 heavy (non-hydrogen) atoms. The van der Waals surface area contributed by atoms with Crippen LogP contribution in [0.5, 0.6) is 0 Å². The smallest absolute Gasteiger partial charge is 0.0542 e. The molecule has 4 heterocycles. The van der Waals surface area contributed by atoms with Gasteiger partial charge in [-0.15, -0.1) is 11.3 Å². The van der Waals surface area contributed by atoms with E-state index in [1.165, 1.54) is 114 Å². The summed E-state index contributed by atoms with van der Waals surface area (Å²) in [5, 5.41) is 10.2. The molecule has 13 rings (SSSR count). The molecule has 3 nitrogen and oxygen atoms in total. The highest BCUT2D eigenvalue weighted by atomic mass is 32.1. The fourth-order valence-electron chi connectivity index (χ4n) is 9.84. The van der Waals surface area contributed by atoms with Crippen LogP contribution in [0.25, 0.3) is 114 Å². The highest BCUT2D eigenvalue weighted by molar-refractivity contribution is 7.26. The first-order valence-corrected chi connectivity index (χ1v) is 21.1. The summed E-state index contributed by atoms with van der Waals surface area (Å²) in [6.07, 6.45) is 0. The fourth-order valence-corrected chi connectivity index (χ4v) is 11.1. The number of thiophene rings is 1. The minimum atomic E-state index is 1.16. The van der Waals surface area contributed by atoms with Crippen LogP contribution in [0.3, 0.4) is 0 Å². The van der Waals surface area contributed by atoms with Crippen LogP contribution in [0, 0.1) is 6.92 Å². The molecule has 4 heteroatoms. The first-order valence-electron chi connectivity index (χ1n) is 20.3. The summed E-state index contributed by atoms with van der Waals surface area (Å²) in [6, 6.07) is 71.8. The van der Waals surface area contributed by atoms with Crippen LogP contribution in [0.2, 0.25) is 0 Å². The number of aryl methyl sites for hydroxylation is 1. The van der Waals surface area contributed by atoms with Crippen molar-refractivity contribution in [3.05, 3.63) is 200 Å². The van der Waals surface area contributed by atoms with E-state index in [-0.39, 0.29) is 0 Å². The number of rotatable bonds is 4. The Morgan fingerprint density at radius 2 is 0.780 bits per heavy atom. The summed E-state index contributed by atoms with van der Waals surface area (Å²) < 4.78 is 9.88. The maximum absolute atomic E-state index is 2.43. The van der Waals surface area contributed by atoms with Crippen molar-refractivity contribution in [2.45, 2.75) is 6.92 Å². The minimum Gasteiger partial charge on any atom is -0.309 e. The van der Waals surface area contributed by atoms with Crippen LogP contribution in [-0.4, -0.2) is 13.7 Å². The van der Waals surface area contributed by atoms with Crippen molar-refractivity contribution < 1.29 is 0 Å². The summed E-state index contributed by atoms with van der Waals surface area (Å²) in [5.41, 5.74) is 14.5. The molecule has 0 atom stereocenters. The van der Waals surface area contributed by atoms with Crippen molar-refractivity contribution in [1.29, 1.82) is 0 Å². The van der Waals surface area contributed by atoms with Gasteiger partial charge >= 0.3 is 0 Å². The van der Waals surface area contributed by atoms with Gasteiger partial charge in [0.1, 0.15) is 0 Å². The van der Waals surface area contributed by atoms with E-state index in [4.69, 9.17) is 0 Å². The summed E-state index contributed by atoms with van der Waals surface area (Å²) >= 11 is 1.90. The van der Waals surface area contributed by atoms with Gasteiger partial charge in [-0.25, -0.2) is 0 Å². The molecule has 0 aliphatic rings. The van der Waals surface area contributed by atoms with E-state index in [0.29, 0.717) is 0 Å². The Kier molecular flexibility index (Phi) is 6.81. The number of benzene rings is 9. The topological polar surface area (TPSA) is 14.8 Å². The lowest BCUT2D eigenvalue weighted by atomic mass is 10.0. The van der Waals surface area contributed by atoms with Gasteiger partial charge in [-0.1, -0.05) is 121 Å². The molecule has 0 aliphatic carbocycles. The van der Waals surface area contributed by atoms with Crippen molar-refractivity contribution in [3.63, 3.8) is 0 Å². The predicted octanol–water partition coefficient (Wildman–Crippen LogP) is 15.3. The predicted molar refractivity (Wildman–Crippen MR) is 253 cm³/mol. The second-order valence-electron chi connectivity index (χ2n) is 15.8. The number of aromatic nitrogens is 3. The van der Waals surface area contributed by atoms with E-state index in [1.54, 1.807) is 0 Å². The third-order valence-electron chi connectivity index (χ3n) is 12.5. The van der Waals surface area contributed by atoms with E-state index in [2.05, 4.69) is 215 Å². The van der Waals surface area contributed by atoms with Crippen molar-refractivity contribution in [1.82, 2.24) is 13.7 Å². The third-order valence-corrected chi connectivity index (χ3v) is 13.7. The molecule has 9 aromatic carbocycles. The van der Waals surface area contributed by atoms with E-state index in [0.717, 1.165) is 5.69 Å². The molecule has 0 aliphatic heterocycles. The van der Waals surface area contributed by atoms with Crippen molar-refractivity contribution in [2.75, 3.05) is 0 Å². The van der Waals surface area contributed by atoms with Gasteiger partial charge in [0.05, 0.1) is 33.1 Å². The zero-order valence-corrected chi connectivity index (χ0v) is 33.0. The standard InChI is InChI=1S/C55H35N3S/c1-34-21-24-36(25-22-34)56-52-29-23-35(31-46(52)47-32-37(27-30-53(47)56)57-48-17-6-2-11-40(48)41-12-3-7-18-49(41)57)39-15-10-16-45-44-28-26-38(33-54(44)59-55(39)45)58-50-19-8-4-13-42(50)43-14-5-9-20-51(43)58/h2-33H,1H3. The Hall–Kier alpha value is -7.40. The van der Waals surface area contributed by atoms with Gasteiger partial charge in [0.2, 0.25) is 0 Å². The molecule has 0 saturated carbocycles. The van der Waals surface area contributed by atoms with E-state index in [9.17, 15) is 0 Å². The molecular formula is C55H35N3S. The minimum absolute atomic E-state index is 1.16. The lowest BCUT2D eigenvalue weighted by Gasteiger charge is -2.10. The average Bonchev–Trinajstić information content (AvgIpc) is 4.02. The zero-order chi connectivity index (χ0) is 38.8. The highest BCUT2D eigenvalue weighted by Gasteiger charge is 2.19. The van der Waals surface area contributed by atoms with Crippen LogP contribution in [-0.2, 0) is 0 Å². The number of para-hydroxylation sites is 4. The van der Waals surface area contributed by atoms with Crippen LogP contribution >= 0.6 is 11.3 Å². The van der Waals surface area contributed by atoms with Crippen LogP contribution in [0.1, 0.15) is 5.56 Å². The lowest BCUT2D eigenvalue weighted by Crippen LogP contribution is -1.95. The highest BCUT2D eigenvalue weighted by Crippen LogP contribution is 2.44. The Morgan fingerprint density at radius 1 is 0.322 bits per heavy atom. The van der Waals surface area contributed by atoms with E-state index >= 15 is 0 Å². The Bertz CT molecular complexity index is 3750. The maximum atomic E-state index is 2.43. The summed E-state index contributed by atoms with van der Waals surface area (Å²) in [4.78, 5) is 0. The third kappa shape index (κ3) is 4.69. The Morgan fingerprint density at radius 3 is 1.39 bits per heavy atom. The van der Waals surface area contributed by atoms with Gasteiger partial charge in [0.15, 0.2) is 0 Å². The first kappa shape index (κ1) is 32.7. The van der Waals surface area contributed by atoms with Crippen LogP contribution in [0.15, 0.2) is 194 Å². The molecule has 0 bridgehead atoms. The quantitative estimate of drug-likeness (QED) is 0.169. The SMILES string of the molecule is Cc1ccc(-n2c3ccc(-c4cccc5c4sc4cc(-n6c7ccccc7c7ccccc76)ccc45)cc3c3cc(-n4c5ccccc5c5ccccc54)ccc32)cc1. The Labute approximate surface area is 343 Å². The van der Waals surface area contributed by atoms with Crippen molar-refractivity contribution in [3.8, 4) is 28.2 Å². The van der Waals surface area contributed by atoms with Gasteiger partial charge in [-0.05, 0) is 96.9 Å². The second kappa shape index (κ2) is 12.3. The molecular weight excluding hydrogens is 735 g/mol. The monoisotopic (exact) mass is 769 g/mol. The van der Waals surface area contributed by atoms with Gasteiger partial charge in [-0.2, -0.15) is 0 Å². The fraction of sp³-hybridized carbons (Fsp3) is 0.0182. The molecule has 0 spiro atoms. The molecule has 4 aromatic heterocycles. The largest absolute Gasteiger partial charge is 0.309 e. The second-order valence-corrected chi connectivity index (χ2v) is 16.9. The van der Waals surface area contributed by atoms with Crippen LogP contribution in [0.4, 0.5) is 0 Å². The van der Waals surface area contributed by atoms with E-state index < -0.39 is 0 Å². The Balaban J connectivity index is 1.02. The molecule has 276 valence electrons. The molecule has 0 N–H and O–H groups in total. The van der Waals surface area contributed by atoms with Crippen molar-refractivity contribution >= 4 is 96.9 Å².